The Labute approximate surface area is 152 Å². The van der Waals surface area contributed by atoms with Crippen molar-refractivity contribution in [1.29, 1.82) is 0 Å². The van der Waals surface area contributed by atoms with Crippen molar-refractivity contribution in [2.24, 2.45) is 4.99 Å². The predicted molar refractivity (Wildman–Crippen MR) is 101 cm³/mol. The first-order valence-electron chi connectivity index (χ1n) is 8.36. The normalized spacial score (nSPS) is 20.1. The van der Waals surface area contributed by atoms with E-state index in [9.17, 15) is 4.79 Å². The summed E-state index contributed by atoms with van der Waals surface area (Å²) in [5, 5.41) is 0.800. The molecule has 2 aliphatic rings. The number of piperazine rings is 1. The number of hydrogen-bond acceptors (Lipinski definition) is 6. The summed E-state index contributed by atoms with van der Waals surface area (Å²) in [5.74, 6) is 1.23. The molecule has 6 nitrogen and oxygen atoms in total. The lowest BCUT2D eigenvalue weighted by Crippen LogP contribution is -2.47. The van der Waals surface area contributed by atoms with Gasteiger partial charge >= 0.3 is 0 Å². The van der Waals surface area contributed by atoms with E-state index in [4.69, 9.17) is 9.47 Å². The summed E-state index contributed by atoms with van der Waals surface area (Å²) < 4.78 is 10.6. The first-order valence-corrected chi connectivity index (χ1v) is 9.18. The second-order valence-electron chi connectivity index (χ2n) is 5.84. The number of rotatable bonds is 4. The molecule has 0 aromatic heterocycles. The van der Waals surface area contributed by atoms with Crippen molar-refractivity contribution in [3.05, 3.63) is 28.7 Å². The van der Waals surface area contributed by atoms with Crippen LogP contribution in [0, 0.1) is 0 Å². The highest BCUT2D eigenvalue weighted by Gasteiger charge is 2.28. The van der Waals surface area contributed by atoms with E-state index in [2.05, 4.69) is 21.7 Å². The van der Waals surface area contributed by atoms with Crippen LogP contribution in [0.15, 0.2) is 28.1 Å². The van der Waals surface area contributed by atoms with Gasteiger partial charge in [-0.1, -0.05) is 6.92 Å². The minimum absolute atomic E-state index is 0.192. The summed E-state index contributed by atoms with van der Waals surface area (Å²) in [7, 11) is 3.23. The fourth-order valence-electron chi connectivity index (χ4n) is 2.88. The summed E-state index contributed by atoms with van der Waals surface area (Å²) in [4.78, 5) is 21.8. The van der Waals surface area contributed by atoms with E-state index in [0.29, 0.717) is 10.7 Å². The van der Waals surface area contributed by atoms with Crippen molar-refractivity contribution in [1.82, 2.24) is 9.80 Å². The number of thioether (sulfide) groups is 1. The maximum Gasteiger partial charge on any atom is 0.286 e. The Balaban J connectivity index is 1.75. The van der Waals surface area contributed by atoms with Crippen LogP contribution >= 0.6 is 11.8 Å². The van der Waals surface area contributed by atoms with Crippen LogP contribution in [0.25, 0.3) is 6.08 Å². The zero-order valence-electron chi connectivity index (χ0n) is 14.8. The van der Waals surface area contributed by atoms with Crippen LogP contribution in [0.1, 0.15) is 12.5 Å². The van der Waals surface area contributed by atoms with Gasteiger partial charge in [-0.15, -0.1) is 0 Å². The van der Waals surface area contributed by atoms with Gasteiger partial charge in [0.15, 0.2) is 5.17 Å². The molecular formula is C18H23N3O3S. The molecule has 0 radical (unpaired) electrons. The summed E-state index contributed by atoms with van der Waals surface area (Å²) in [5.41, 5.74) is 0.810. The average molecular weight is 361 g/mol. The molecule has 1 amide bonds. The Morgan fingerprint density at radius 3 is 2.60 bits per heavy atom. The number of aliphatic imine (C=N–C) groups is 1. The van der Waals surface area contributed by atoms with Gasteiger partial charge in [-0.2, -0.15) is 4.99 Å². The fourth-order valence-corrected chi connectivity index (χ4v) is 3.84. The summed E-state index contributed by atoms with van der Waals surface area (Å²) in [6.07, 6.45) is 1.83. The maximum atomic E-state index is 12.3. The van der Waals surface area contributed by atoms with Crippen LogP contribution in [0.3, 0.4) is 0 Å². The number of nitrogens with zero attached hydrogens (tertiary/aromatic N) is 3. The fraction of sp³-hybridized carbons (Fsp3) is 0.444. The molecule has 0 saturated carbocycles. The molecule has 3 rings (SSSR count). The van der Waals surface area contributed by atoms with E-state index in [1.54, 1.807) is 14.2 Å². The SMILES string of the molecule is CCN1CCN(C2=NC(=O)/C(=C/c3cc(OC)ccc3OC)S2)CC1. The summed E-state index contributed by atoms with van der Waals surface area (Å²) >= 11 is 1.43. The maximum absolute atomic E-state index is 12.3. The molecule has 134 valence electrons. The van der Waals surface area contributed by atoms with Crippen molar-refractivity contribution >= 4 is 28.9 Å². The van der Waals surface area contributed by atoms with Crippen LogP contribution < -0.4 is 9.47 Å². The lowest BCUT2D eigenvalue weighted by Gasteiger charge is -2.34. The van der Waals surface area contributed by atoms with Gasteiger partial charge in [-0.3, -0.25) is 4.79 Å². The summed E-state index contributed by atoms with van der Waals surface area (Å²) in [6.45, 7) is 7.06. The Morgan fingerprint density at radius 1 is 1.20 bits per heavy atom. The number of benzene rings is 1. The van der Waals surface area contributed by atoms with E-state index >= 15 is 0 Å². The van der Waals surface area contributed by atoms with Gasteiger partial charge in [-0.25, -0.2) is 0 Å². The van der Waals surface area contributed by atoms with Crippen LogP contribution in [-0.2, 0) is 4.79 Å². The van der Waals surface area contributed by atoms with Crippen molar-refractivity contribution in [2.75, 3.05) is 46.9 Å². The Bertz CT molecular complexity index is 710. The molecular weight excluding hydrogens is 338 g/mol. The lowest BCUT2D eigenvalue weighted by atomic mass is 10.1. The second kappa shape index (κ2) is 7.93. The zero-order chi connectivity index (χ0) is 17.8. The largest absolute Gasteiger partial charge is 0.497 e. The average Bonchev–Trinajstić information content (AvgIpc) is 3.02. The lowest BCUT2D eigenvalue weighted by molar-refractivity contribution is -0.113. The number of methoxy groups -OCH3 is 2. The number of amidine groups is 1. The van der Waals surface area contributed by atoms with Gasteiger partial charge in [0.05, 0.1) is 19.1 Å². The molecule has 0 aliphatic carbocycles. The van der Waals surface area contributed by atoms with Crippen molar-refractivity contribution < 1.29 is 14.3 Å². The molecule has 0 bridgehead atoms. The topological polar surface area (TPSA) is 54.4 Å². The highest BCUT2D eigenvalue weighted by molar-refractivity contribution is 8.18. The van der Waals surface area contributed by atoms with Crippen LogP contribution in [0.4, 0.5) is 0 Å². The molecule has 0 spiro atoms. The number of hydrogen-bond donors (Lipinski definition) is 0. The third-order valence-corrected chi connectivity index (χ3v) is 5.47. The number of amides is 1. The number of ether oxygens (including phenoxy) is 2. The highest BCUT2D eigenvalue weighted by atomic mass is 32.2. The summed E-state index contributed by atoms with van der Waals surface area (Å²) in [6, 6.07) is 5.53. The first-order chi connectivity index (χ1) is 12.1. The van der Waals surface area contributed by atoms with E-state index in [0.717, 1.165) is 49.2 Å². The van der Waals surface area contributed by atoms with Gasteiger partial charge < -0.3 is 19.3 Å². The Kier molecular flexibility index (Phi) is 5.65. The molecule has 7 heteroatoms. The number of carbonyl (C=O) groups excluding carboxylic acids is 1. The number of likely N-dealkylation sites (N-methyl/N-ethyl adjacent to an activating group) is 1. The van der Waals surface area contributed by atoms with E-state index in [1.165, 1.54) is 11.8 Å². The van der Waals surface area contributed by atoms with E-state index in [-0.39, 0.29) is 5.91 Å². The molecule has 1 aromatic carbocycles. The van der Waals surface area contributed by atoms with Gasteiger partial charge in [0, 0.05) is 31.7 Å². The molecule has 1 saturated heterocycles. The first kappa shape index (κ1) is 17.8. The van der Waals surface area contributed by atoms with Crippen molar-refractivity contribution in [3.8, 4) is 11.5 Å². The quantitative estimate of drug-likeness (QED) is 0.767. The molecule has 2 heterocycles. The Morgan fingerprint density at radius 2 is 1.96 bits per heavy atom. The molecule has 2 aliphatic heterocycles. The van der Waals surface area contributed by atoms with Crippen molar-refractivity contribution in [2.45, 2.75) is 6.92 Å². The smallest absolute Gasteiger partial charge is 0.286 e. The van der Waals surface area contributed by atoms with Gasteiger partial charge in [0.25, 0.3) is 5.91 Å². The van der Waals surface area contributed by atoms with Gasteiger partial charge in [0.1, 0.15) is 11.5 Å². The molecule has 0 N–H and O–H groups in total. The van der Waals surface area contributed by atoms with Crippen molar-refractivity contribution in [3.63, 3.8) is 0 Å². The predicted octanol–water partition coefficient (Wildman–Crippen LogP) is 2.31. The zero-order valence-corrected chi connectivity index (χ0v) is 15.6. The Hall–Kier alpha value is -1.99. The standard InChI is InChI=1S/C18H23N3O3S/c1-4-20-7-9-21(10-8-20)18-19-17(22)16(25-18)12-13-11-14(23-2)5-6-15(13)24-3/h5-6,11-12H,4,7-10H2,1-3H3/b16-12-. The van der Waals surface area contributed by atoms with E-state index in [1.807, 2.05) is 24.3 Å². The third-order valence-electron chi connectivity index (χ3n) is 4.42. The van der Waals surface area contributed by atoms with E-state index < -0.39 is 0 Å². The molecule has 0 unspecified atom stereocenters. The van der Waals surface area contributed by atoms with Crippen LogP contribution in [0.2, 0.25) is 0 Å². The molecule has 1 aromatic rings. The second-order valence-corrected chi connectivity index (χ2v) is 6.85. The third kappa shape index (κ3) is 3.99. The number of carbonyl (C=O) groups is 1. The minimum Gasteiger partial charge on any atom is -0.497 e. The monoisotopic (exact) mass is 361 g/mol. The molecule has 0 atom stereocenters. The highest BCUT2D eigenvalue weighted by Crippen LogP contribution is 2.33. The minimum atomic E-state index is -0.192. The molecule has 25 heavy (non-hydrogen) atoms. The van der Waals surface area contributed by atoms with Gasteiger partial charge in [0.2, 0.25) is 0 Å². The van der Waals surface area contributed by atoms with Crippen LogP contribution in [0.5, 0.6) is 11.5 Å². The van der Waals surface area contributed by atoms with Crippen LogP contribution in [-0.4, -0.2) is 67.8 Å². The molecule has 1 fully saturated rings. The van der Waals surface area contributed by atoms with Gasteiger partial charge in [-0.05, 0) is 42.6 Å².